The molecule has 154 valence electrons. The lowest BCUT2D eigenvalue weighted by atomic mass is 10.1. The van der Waals surface area contributed by atoms with Gasteiger partial charge in [-0.2, -0.15) is 0 Å². The standard InChI is InChI=1S/C22H26N2O4S/c1-2-29(27,28)20-9-5-8-19(14-20)24-22(26)18-12-10-16(11-13-18)15-23-21(25)17-6-3-4-7-17/h5,8-14,17H,2-4,6-7,15H2,1H3,(H,23,25)(H,24,26). The van der Waals surface area contributed by atoms with E-state index >= 15 is 0 Å². The van der Waals surface area contributed by atoms with Gasteiger partial charge in [0.15, 0.2) is 9.84 Å². The molecule has 1 saturated carbocycles. The van der Waals surface area contributed by atoms with Crippen molar-refractivity contribution >= 4 is 27.3 Å². The minimum absolute atomic E-state index is 0.00312. The SMILES string of the molecule is CCS(=O)(=O)c1cccc(NC(=O)c2ccc(CNC(=O)C3CCCC3)cc2)c1. The molecule has 0 aromatic heterocycles. The van der Waals surface area contributed by atoms with Gasteiger partial charge in [-0.3, -0.25) is 9.59 Å². The number of sulfone groups is 1. The van der Waals surface area contributed by atoms with Gasteiger partial charge in [0.25, 0.3) is 5.91 Å². The molecule has 0 heterocycles. The van der Waals surface area contributed by atoms with Crippen LogP contribution in [-0.2, 0) is 21.2 Å². The van der Waals surface area contributed by atoms with E-state index < -0.39 is 9.84 Å². The van der Waals surface area contributed by atoms with Crippen molar-refractivity contribution in [3.8, 4) is 0 Å². The van der Waals surface area contributed by atoms with Gasteiger partial charge in [0.1, 0.15) is 0 Å². The Hall–Kier alpha value is -2.67. The van der Waals surface area contributed by atoms with E-state index in [1.807, 2.05) is 12.1 Å². The first-order valence-electron chi connectivity index (χ1n) is 9.90. The maximum atomic E-state index is 12.5. The molecule has 7 heteroatoms. The molecule has 2 N–H and O–H groups in total. The summed E-state index contributed by atoms with van der Waals surface area (Å²) < 4.78 is 24.0. The van der Waals surface area contributed by atoms with Crippen LogP contribution in [-0.4, -0.2) is 26.0 Å². The van der Waals surface area contributed by atoms with E-state index in [2.05, 4.69) is 10.6 Å². The average molecular weight is 415 g/mol. The summed E-state index contributed by atoms with van der Waals surface area (Å²) in [4.78, 5) is 24.8. The van der Waals surface area contributed by atoms with Crippen molar-refractivity contribution in [1.82, 2.24) is 5.32 Å². The summed E-state index contributed by atoms with van der Waals surface area (Å²) in [6.45, 7) is 2.02. The molecule has 0 unspecified atom stereocenters. The fourth-order valence-electron chi connectivity index (χ4n) is 3.43. The summed E-state index contributed by atoms with van der Waals surface area (Å²) in [5, 5.41) is 5.69. The van der Waals surface area contributed by atoms with Crippen LogP contribution in [0.5, 0.6) is 0 Å². The summed E-state index contributed by atoms with van der Waals surface area (Å²) in [5.41, 5.74) is 1.81. The second-order valence-corrected chi connectivity index (χ2v) is 9.56. The number of rotatable bonds is 7. The van der Waals surface area contributed by atoms with Gasteiger partial charge in [0.2, 0.25) is 5.91 Å². The minimum atomic E-state index is -3.33. The number of hydrogen-bond acceptors (Lipinski definition) is 4. The van der Waals surface area contributed by atoms with Gasteiger partial charge in [-0.15, -0.1) is 0 Å². The Morgan fingerprint density at radius 2 is 1.72 bits per heavy atom. The zero-order chi connectivity index (χ0) is 20.9. The number of amides is 2. The molecule has 2 amide bonds. The van der Waals surface area contributed by atoms with Crippen molar-refractivity contribution in [3.05, 3.63) is 59.7 Å². The zero-order valence-electron chi connectivity index (χ0n) is 16.5. The van der Waals surface area contributed by atoms with E-state index in [1.54, 1.807) is 31.2 Å². The molecule has 0 radical (unpaired) electrons. The van der Waals surface area contributed by atoms with Crippen molar-refractivity contribution in [2.45, 2.75) is 44.0 Å². The summed E-state index contributed by atoms with van der Waals surface area (Å²) in [6, 6.07) is 13.2. The van der Waals surface area contributed by atoms with Crippen LogP contribution in [0, 0.1) is 5.92 Å². The van der Waals surface area contributed by atoms with E-state index in [4.69, 9.17) is 0 Å². The maximum absolute atomic E-state index is 12.5. The number of carbonyl (C=O) groups is 2. The van der Waals surface area contributed by atoms with Crippen LogP contribution >= 0.6 is 0 Å². The molecule has 6 nitrogen and oxygen atoms in total. The molecule has 1 aliphatic rings. The third kappa shape index (κ3) is 5.44. The first-order chi connectivity index (χ1) is 13.9. The molecule has 3 rings (SSSR count). The number of hydrogen-bond donors (Lipinski definition) is 2. The van der Waals surface area contributed by atoms with E-state index in [9.17, 15) is 18.0 Å². The molecule has 0 bridgehead atoms. The Labute approximate surface area is 171 Å². The first kappa shape index (κ1) is 21.0. The van der Waals surface area contributed by atoms with E-state index in [-0.39, 0.29) is 28.4 Å². The van der Waals surface area contributed by atoms with E-state index in [0.717, 1.165) is 31.2 Å². The van der Waals surface area contributed by atoms with Crippen LogP contribution in [0.1, 0.15) is 48.5 Å². The lowest BCUT2D eigenvalue weighted by molar-refractivity contribution is -0.124. The molecule has 1 fully saturated rings. The number of benzene rings is 2. The Morgan fingerprint density at radius 3 is 2.38 bits per heavy atom. The monoisotopic (exact) mass is 414 g/mol. The molecule has 0 aliphatic heterocycles. The minimum Gasteiger partial charge on any atom is -0.352 e. The maximum Gasteiger partial charge on any atom is 0.255 e. The average Bonchev–Trinajstić information content (AvgIpc) is 3.27. The molecular formula is C22H26N2O4S. The predicted molar refractivity (Wildman–Crippen MR) is 112 cm³/mol. The van der Waals surface area contributed by atoms with Crippen molar-refractivity contribution in [3.63, 3.8) is 0 Å². The highest BCUT2D eigenvalue weighted by Crippen LogP contribution is 2.24. The van der Waals surface area contributed by atoms with Crippen molar-refractivity contribution < 1.29 is 18.0 Å². The molecule has 1 aliphatic carbocycles. The summed E-state index contributed by atoms with van der Waals surface area (Å²) in [7, 11) is -3.33. The van der Waals surface area contributed by atoms with Crippen LogP contribution in [0.3, 0.4) is 0 Å². The highest BCUT2D eigenvalue weighted by atomic mass is 32.2. The van der Waals surface area contributed by atoms with Crippen molar-refractivity contribution in [2.24, 2.45) is 5.92 Å². The van der Waals surface area contributed by atoms with Crippen LogP contribution in [0.25, 0.3) is 0 Å². The molecule has 0 atom stereocenters. The lowest BCUT2D eigenvalue weighted by Gasteiger charge is -2.11. The lowest BCUT2D eigenvalue weighted by Crippen LogP contribution is -2.28. The van der Waals surface area contributed by atoms with Crippen LogP contribution < -0.4 is 10.6 Å². The number of nitrogens with one attached hydrogen (secondary N) is 2. The Bertz CT molecular complexity index is 978. The molecule has 0 saturated heterocycles. The zero-order valence-corrected chi connectivity index (χ0v) is 17.3. The van der Waals surface area contributed by atoms with Crippen LogP contribution in [0.15, 0.2) is 53.4 Å². The largest absolute Gasteiger partial charge is 0.352 e. The number of anilines is 1. The first-order valence-corrected chi connectivity index (χ1v) is 11.5. The number of carbonyl (C=O) groups excluding carboxylic acids is 2. The molecule has 2 aromatic rings. The smallest absolute Gasteiger partial charge is 0.255 e. The van der Waals surface area contributed by atoms with Gasteiger partial charge in [0, 0.05) is 23.7 Å². The molecule has 2 aromatic carbocycles. The topological polar surface area (TPSA) is 92.3 Å². The molecular weight excluding hydrogens is 388 g/mol. The van der Waals surface area contributed by atoms with Crippen LogP contribution in [0.4, 0.5) is 5.69 Å². The fourth-order valence-corrected chi connectivity index (χ4v) is 4.36. The van der Waals surface area contributed by atoms with Crippen molar-refractivity contribution in [1.29, 1.82) is 0 Å². The summed E-state index contributed by atoms with van der Waals surface area (Å²) >= 11 is 0. The van der Waals surface area contributed by atoms with Gasteiger partial charge >= 0.3 is 0 Å². The Balaban J connectivity index is 1.59. The highest BCUT2D eigenvalue weighted by molar-refractivity contribution is 7.91. The van der Waals surface area contributed by atoms with Gasteiger partial charge < -0.3 is 10.6 Å². The van der Waals surface area contributed by atoms with E-state index in [1.165, 1.54) is 12.1 Å². The van der Waals surface area contributed by atoms with Crippen LogP contribution in [0.2, 0.25) is 0 Å². The fraction of sp³-hybridized carbons (Fsp3) is 0.364. The second-order valence-electron chi connectivity index (χ2n) is 7.28. The summed E-state index contributed by atoms with van der Waals surface area (Å²) in [5.74, 6) is -0.0838. The Kier molecular flexibility index (Phi) is 6.69. The third-order valence-corrected chi connectivity index (χ3v) is 6.97. The van der Waals surface area contributed by atoms with Crippen molar-refractivity contribution in [2.75, 3.05) is 11.1 Å². The molecule has 29 heavy (non-hydrogen) atoms. The Morgan fingerprint density at radius 1 is 1.03 bits per heavy atom. The van der Waals surface area contributed by atoms with Gasteiger partial charge in [-0.25, -0.2) is 8.42 Å². The van der Waals surface area contributed by atoms with E-state index in [0.29, 0.717) is 17.8 Å². The van der Waals surface area contributed by atoms with Gasteiger partial charge in [-0.05, 0) is 48.7 Å². The normalized spacial score (nSPS) is 14.5. The molecule has 0 spiro atoms. The van der Waals surface area contributed by atoms with Gasteiger partial charge in [0.05, 0.1) is 10.6 Å². The third-order valence-electron chi connectivity index (χ3n) is 5.24. The van der Waals surface area contributed by atoms with Gasteiger partial charge in [-0.1, -0.05) is 38.0 Å². The highest BCUT2D eigenvalue weighted by Gasteiger charge is 2.22. The second kappa shape index (κ2) is 9.22. The predicted octanol–water partition coefficient (Wildman–Crippen LogP) is 3.54. The summed E-state index contributed by atoms with van der Waals surface area (Å²) in [6.07, 6.45) is 4.17. The quantitative estimate of drug-likeness (QED) is 0.725.